The van der Waals surface area contributed by atoms with Crippen LogP contribution in [0, 0.1) is 0 Å². The smallest absolute Gasteiger partial charge is 0.140 e. The molecule has 0 atom stereocenters. The van der Waals surface area contributed by atoms with Crippen LogP contribution in [0.15, 0.2) is 41.3 Å². The Bertz CT molecular complexity index is 424. The molecule has 0 saturated heterocycles. The summed E-state index contributed by atoms with van der Waals surface area (Å²) in [5, 5.41) is 3.87. The molecule has 1 aromatic carbocycles. The van der Waals surface area contributed by atoms with Crippen molar-refractivity contribution >= 4 is 6.21 Å². The highest BCUT2D eigenvalue weighted by molar-refractivity contribution is 5.79. The van der Waals surface area contributed by atoms with Crippen LogP contribution in [0.2, 0.25) is 0 Å². The van der Waals surface area contributed by atoms with Crippen molar-refractivity contribution in [2.24, 2.45) is 5.16 Å². The number of rotatable bonds is 4. The second-order valence-electron chi connectivity index (χ2n) is 3.94. The van der Waals surface area contributed by atoms with Gasteiger partial charge in [0.15, 0.2) is 0 Å². The molecule has 0 heterocycles. The second kappa shape index (κ2) is 6.09. The van der Waals surface area contributed by atoms with E-state index in [2.05, 4.69) is 17.4 Å². The SMILES string of the molecule is COc1cccc([C]=NOC2=CCCCC2)c1. The van der Waals surface area contributed by atoms with Crippen LogP contribution in [-0.2, 0) is 4.84 Å². The maximum absolute atomic E-state index is 5.29. The first-order valence-electron chi connectivity index (χ1n) is 5.84. The van der Waals surface area contributed by atoms with Crippen LogP contribution in [0.25, 0.3) is 0 Å². The van der Waals surface area contributed by atoms with E-state index in [1.54, 1.807) is 7.11 Å². The lowest BCUT2D eigenvalue weighted by atomic mass is 10.1. The number of hydrogen-bond donors (Lipinski definition) is 0. The van der Waals surface area contributed by atoms with Crippen LogP contribution >= 0.6 is 0 Å². The molecule has 2 rings (SSSR count). The number of ether oxygens (including phenoxy) is 1. The Morgan fingerprint density at radius 3 is 3.00 bits per heavy atom. The van der Waals surface area contributed by atoms with Gasteiger partial charge in [-0.25, -0.2) is 0 Å². The van der Waals surface area contributed by atoms with Gasteiger partial charge in [-0.1, -0.05) is 17.3 Å². The van der Waals surface area contributed by atoms with Gasteiger partial charge in [0.2, 0.25) is 0 Å². The number of allylic oxidation sites excluding steroid dienone is 2. The molecule has 1 aliphatic rings. The average molecular weight is 230 g/mol. The second-order valence-corrected chi connectivity index (χ2v) is 3.94. The minimum atomic E-state index is 0.794. The van der Waals surface area contributed by atoms with E-state index in [-0.39, 0.29) is 0 Å². The van der Waals surface area contributed by atoms with Gasteiger partial charge in [0.25, 0.3) is 0 Å². The molecule has 1 aliphatic carbocycles. The number of benzene rings is 1. The molecule has 0 aliphatic heterocycles. The first kappa shape index (κ1) is 11.7. The van der Waals surface area contributed by atoms with E-state index in [0.717, 1.165) is 29.9 Å². The van der Waals surface area contributed by atoms with Crippen LogP contribution in [0.5, 0.6) is 5.75 Å². The van der Waals surface area contributed by atoms with Gasteiger partial charge >= 0.3 is 0 Å². The van der Waals surface area contributed by atoms with Gasteiger partial charge < -0.3 is 9.57 Å². The Hall–Kier alpha value is -1.77. The molecule has 3 heteroatoms. The van der Waals surface area contributed by atoms with Gasteiger partial charge in [0, 0.05) is 12.0 Å². The standard InChI is InChI=1S/C14H16NO2/c1-16-14-9-5-6-12(10-14)11-15-17-13-7-3-2-4-8-13/h5-7,9-10H,2-4,8H2,1H3. The fraction of sp³-hybridized carbons (Fsp3) is 0.357. The normalized spacial score (nSPS) is 15.7. The zero-order chi connectivity index (χ0) is 11.9. The van der Waals surface area contributed by atoms with Crippen molar-refractivity contribution in [3.63, 3.8) is 0 Å². The Labute approximate surface area is 102 Å². The highest BCUT2D eigenvalue weighted by atomic mass is 16.6. The van der Waals surface area contributed by atoms with Gasteiger partial charge in [-0.2, -0.15) is 0 Å². The molecule has 0 unspecified atom stereocenters. The molecular weight excluding hydrogens is 214 g/mol. The molecule has 0 spiro atoms. The fourth-order valence-electron chi connectivity index (χ4n) is 1.72. The molecule has 0 amide bonds. The van der Waals surface area contributed by atoms with Crippen LogP contribution < -0.4 is 4.74 Å². The molecule has 89 valence electrons. The molecule has 17 heavy (non-hydrogen) atoms. The van der Waals surface area contributed by atoms with Crippen molar-refractivity contribution in [1.82, 2.24) is 0 Å². The molecule has 0 bridgehead atoms. The van der Waals surface area contributed by atoms with Crippen LogP contribution in [-0.4, -0.2) is 13.3 Å². The summed E-state index contributed by atoms with van der Waals surface area (Å²) in [4.78, 5) is 5.29. The minimum absolute atomic E-state index is 0.794. The van der Waals surface area contributed by atoms with Crippen molar-refractivity contribution in [3.05, 3.63) is 41.7 Å². The molecule has 0 fully saturated rings. The van der Waals surface area contributed by atoms with Crippen LogP contribution in [0.1, 0.15) is 31.2 Å². The summed E-state index contributed by atoms with van der Waals surface area (Å²) in [6.07, 6.45) is 9.44. The lowest BCUT2D eigenvalue weighted by Crippen LogP contribution is -1.93. The van der Waals surface area contributed by atoms with Crippen molar-refractivity contribution in [3.8, 4) is 5.75 Å². The third kappa shape index (κ3) is 3.63. The number of methoxy groups -OCH3 is 1. The van der Waals surface area contributed by atoms with Crippen LogP contribution in [0.4, 0.5) is 0 Å². The largest absolute Gasteiger partial charge is 0.497 e. The lowest BCUT2D eigenvalue weighted by molar-refractivity contribution is 0.210. The molecular formula is C14H16NO2. The van der Waals surface area contributed by atoms with Gasteiger partial charge in [0.1, 0.15) is 17.7 Å². The number of nitrogens with zero attached hydrogens (tertiary/aromatic N) is 1. The van der Waals surface area contributed by atoms with Crippen molar-refractivity contribution in [1.29, 1.82) is 0 Å². The summed E-state index contributed by atoms with van der Waals surface area (Å²) in [7, 11) is 1.64. The topological polar surface area (TPSA) is 30.8 Å². The van der Waals surface area contributed by atoms with Gasteiger partial charge in [0.05, 0.1) is 7.11 Å². The summed E-state index contributed by atoms with van der Waals surface area (Å²) in [6, 6.07) is 7.55. The van der Waals surface area contributed by atoms with Gasteiger partial charge in [-0.3, -0.25) is 0 Å². The van der Waals surface area contributed by atoms with E-state index in [1.807, 2.05) is 24.3 Å². The summed E-state index contributed by atoms with van der Waals surface area (Å²) < 4.78 is 5.12. The molecule has 1 aromatic rings. The van der Waals surface area contributed by atoms with Crippen molar-refractivity contribution in [2.75, 3.05) is 7.11 Å². The maximum atomic E-state index is 5.29. The predicted molar refractivity (Wildman–Crippen MR) is 67.2 cm³/mol. The van der Waals surface area contributed by atoms with E-state index in [0.29, 0.717) is 0 Å². The predicted octanol–water partition coefficient (Wildman–Crippen LogP) is 3.38. The molecule has 3 nitrogen and oxygen atoms in total. The lowest BCUT2D eigenvalue weighted by Gasteiger charge is -2.08. The third-order valence-electron chi connectivity index (χ3n) is 2.66. The Balaban J connectivity index is 1.93. The molecule has 0 N–H and O–H groups in total. The van der Waals surface area contributed by atoms with E-state index in [4.69, 9.17) is 9.57 Å². The van der Waals surface area contributed by atoms with E-state index >= 15 is 0 Å². The Morgan fingerprint density at radius 2 is 2.24 bits per heavy atom. The van der Waals surface area contributed by atoms with Gasteiger partial charge in [-0.15, -0.1) is 0 Å². The maximum Gasteiger partial charge on any atom is 0.140 e. The van der Waals surface area contributed by atoms with Crippen molar-refractivity contribution in [2.45, 2.75) is 25.7 Å². The van der Waals surface area contributed by atoms with E-state index < -0.39 is 0 Å². The van der Waals surface area contributed by atoms with Gasteiger partial charge in [-0.05, 0) is 37.5 Å². The van der Waals surface area contributed by atoms with E-state index in [9.17, 15) is 0 Å². The molecule has 0 saturated carbocycles. The fourth-order valence-corrected chi connectivity index (χ4v) is 1.72. The highest BCUT2D eigenvalue weighted by Crippen LogP contribution is 2.18. The first-order chi connectivity index (χ1) is 8.38. The zero-order valence-corrected chi connectivity index (χ0v) is 9.98. The van der Waals surface area contributed by atoms with Crippen LogP contribution in [0.3, 0.4) is 0 Å². The van der Waals surface area contributed by atoms with E-state index in [1.165, 1.54) is 12.8 Å². The third-order valence-corrected chi connectivity index (χ3v) is 2.66. The molecule has 1 radical (unpaired) electrons. The minimum Gasteiger partial charge on any atom is -0.497 e. The summed E-state index contributed by atoms with van der Waals surface area (Å²) in [5.41, 5.74) is 0.848. The Morgan fingerprint density at radius 1 is 1.29 bits per heavy atom. The Kier molecular flexibility index (Phi) is 4.19. The zero-order valence-electron chi connectivity index (χ0n) is 9.98. The van der Waals surface area contributed by atoms with Crippen molar-refractivity contribution < 1.29 is 9.57 Å². The summed E-state index contributed by atoms with van der Waals surface area (Å²) >= 11 is 0. The average Bonchev–Trinajstić information content (AvgIpc) is 2.40. The first-order valence-corrected chi connectivity index (χ1v) is 5.84. The highest BCUT2D eigenvalue weighted by Gasteiger charge is 2.03. The monoisotopic (exact) mass is 230 g/mol. The summed E-state index contributed by atoms with van der Waals surface area (Å²) in [5.74, 6) is 1.74. The quantitative estimate of drug-likeness (QED) is 0.586. The molecule has 0 aromatic heterocycles. The number of hydrogen-bond acceptors (Lipinski definition) is 3. The summed E-state index contributed by atoms with van der Waals surface area (Å²) in [6.45, 7) is 0.